The molecule has 0 atom stereocenters. The molecule has 0 aliphatic heterocycles. The zero-order valence-corrected chi connectivity index (χ0v) is 11.6. The molecule has 6 heteroatoms. The van der Waals surface area contributed by atoms with Gasteiger partial charge in [-0.15, -0.1) is 0 Å². The zero-order valence-electron chi connectivity index (χ0n) is 11.6. The fourth-order valence-electron chi connectivity index (χ4n) is 2.59. The Bertz CT molecular complexity index is 822. The molecular formula is C16H12O6. The first kappa shape index (κ1) is 13.9. The van der Waals surface area contributed by atoms with Gasteiger partial charge in [-0.05, 0) is 31.2 Å². The van der Waals surface area contributed by atoms with Gasteiger partial charge in [-0.25, -0.2) is 0 Å². The van der Waals surface area contributed by atoms with Crippen molar-refractivity contribution in [1.29, 1.82) is 0 Å². The minimum Gasteiger partial charge on any atom is -0.507 e. The molecule has 112 valence electrons. The van der Waals surface area contributed by atoms with E-state index in [1.54, 1.807) is 6.92 Å². The van der Waals surface area contributed by atoms with E-state index >= 15 is 0 Å². The maximum absolute atomic E-state index is 12.7. The summed E-state index contributed by atoms with van der Waals surface area (Å²) in [6, 6.07) is 4.88. The fraction of sp³-hybridized carbons (Fsp3) is 0.125. The van der Waals surface area contributed by atoms with Gasteiger partial charge in [0.2, 0.25) is 11.6 Å². The van der Waals surface area contributed by atoms with Crippen LogP contribution in [0, 0.1) is 0 Å². The average Bonchev–Trinajstić information content (AvgIpc) is 2.49. The molecule has 0 spiro atoms. The molecule has 6 nitrogen and oxygen atoms in total. The lowest BCUT2D eigenvalue weighted by Gasteiger charge is -2.22. The number of fused-ring (bicyclic) bond motifs is 2. The molecule has 0 aromatic heterocycles. The van der Waals surface area contributed by atoms with Gasteiger partial charge in [0.1, 0.15) is 23.0 Å². The lowest BCUT2D eigenvalue weighted by Crippen LogP contribution is -2.22. The molecule has 0 amide bonds. The van der Waals surface area contributed by atoms with Gasteiger partial charge in [0.25, 0.3) is 0 Å². The molecule has 2 aromatic carbocycles. The summed E-state index contributed by atoms with van der Waals surface area (Å²) in [5, 5.41) is 29.7. The lowest BCUT2D eigenvalue weighted by molar-refractivity contribution is 0.0968. The molecule has 0 fully saturated rings. The van der Waals surface area contributed by atoms with Crippen molar-refractivity contribution in [2.45, 2.75) is 6.92 Å². The third-order valence-corrected chi connectivity index (χ3v) is 3.51. The first-order valence-corrected chi connectivity index (χ1v) is 6.60. The van der Waals surface area contributed by atoms with Crippen molar-refractivity contribution in [3.63, 3.8) is 0 Å². The molecule has 0 radical (unpaired) electrons. The minimum absolute atomic E-state index is 0.111. The Morgan fingerprint density at radius 3 is 1.68 bits per heavy atom. The van der Waals surface area contributed by atoms with E-state index in [0.717, 1.165) is 12.1 Å². The van der Waals surface area contributed by atoms with Crippen LogP contribution in [0.25, 0.3) is 0 Å². The number of ether oxygens (including phenoxy) is 1. The minimum atomic E-state index is -0.739. The lowest BCUT2D eigenvalue weighted by atomic mass is 9.82. The smallest absolute Gasteiger partial charge is 0.202 e. The summed E-state index contributed by atoms with van der Waals surface area (Å²) in [6.07, 6.45) is 0. The van der Waals surface area contributed by atoms with Gasteiger partial charge in [0, 0.05) is 0 Å². The van der Waals surface area contributed by atoms with Gasteiger partial charge in [-0.1, -0.05) is 0 Å². The molecule has 0 unspecified atom stereocenters. The van der Waals surface area contributed by atoms with E-state index < -0.39 is 23.1 Å². The number of phenols is 3. The Labute approximate surface area is 125 Å². The number of phenolic OH excluding ortho intramolecular Hbond substituents is 3. The van der Waals surface area contributed by atoms with E-state index in [1.165, 1.54) is 12.1 Å². The molecule has 22 heavy (non-hydrogen) atoms. The predicted octanol–water partition coefficient (Wildman–Crippen LogP) is 1.98. The van der Waals surface area contributed by atoms with Crippen molar-refractivity contribution < 1.29 is 29.6 Å². The number of hydrogen-bond donors (Lipinski definition) is 3. The summed E-state index contributed by atoms with van der Waals surface area (Å²) in [5.41, 5.74) is -0.949. The van der Waals surface area contributed by atoms with Crippen molar-refractivity contribution in [3.8, 4) is 23.0 Å². The van der Waals surface area contributed by atoms with Crippen LogP contribution >= 0.6 is 0 Å². The van der Waals surface area contributed by atoms with Gasteiger partial charge in [-0.2, -0.15) is 0 Å². The Kier molecular flexibility index (Phi) is 3.02. The summed E-state index contributed by atoms with van der Waals surface area (Å²) < 4.78 is 5.33. The van der Waals surface area contributed by atoms with Gasteiger partial charge >= 0.3 is 0 Å². The Morgan fingerprint density at radius 2 is 1.18 bits per heavy atom. The molecular weight excluding hydrogens is 288 g/mol. The van der Waals surface area contributed by atoms with Crippen LogP contribution in [0.4, 0.5) is 0 Å². The molecule has 3 N–H and O–H groups in total. The van der Waals surface area contributed by atoms with Gasteiger partial charge in [0.05, 0.1) is 28.9 Å². The summed E-state index contributed by atoms with van der Waals surface area (Å²) >= 11 is 0. The third-order valence-electron chi connectivity index (χ3n) is 3.51. The molecule has 0 heterocycles. The Morgan fingerprint density at radius 1 is 0.773 bits per heavy atom. The monoisotopic (exact) mass is 300 g/mol. The number of carbonyl (C=O) groups excluding carboxylic acids is 2. The molecule has 1 aliphatic rings. The number of hydrogen-bond acceptors (Lipinski definition) is 6. The van der Waals surface area contributed by atoms with Crippen molar-refractivity contribution in [3.05, 3.63) is 46.5 Å². The van der Waals surface area contributed by atoms with Crippen molar-refractivity contribution in [2.75, 3.05) is 6.61 Å². The second-order valence-electron chi connectivity index (χ2n) is 4.78. The van der Waals surface area contributed by atoms with Crippen molar-refractivity contribution in [1.82, 2.24) is 0 Å². The van der Waals surface area contributed by atoms with Crippen molar-refractivity contribution in [2.24, 2.45) is 0 Å². The van der Waals surface area contributed by atoms with Crippen LogP contribution < -0.4 is 4.74 Å². The van der Waals surface area contributed by atoms with Crippen LogP contribution in [-0.2, 0) is 0 Å². The van der Waals surface area contributed by atoms with Gasteiger partial charge in [0.15, 0.2) is 0 Å². The third kappa shape index (κ3) is 1.74. The summed E-state index contributed by atoms with van der Waals surface area (Å²) in [7, 11) is 0. The molecule has 0 bridgehead atoms. The predicted molar refractivity (Wildman–Crippen MR) is 75.9 cm³/mol. The van der Waals surface area contributed by atoms with Crippen LogP contribution in [0.3, 0.4) is 0 Å². The molecule has 3 rings (SSSR count). The largest absolute Gasteiger partial charge is 0.507 e. The van der Waals surface area contributed by atoms with E-state index in [2.05, 4.69) is 0 Å². The van der Waals surface area contributed by atoms with Crippen LogP contribution in [-0.4, -0.2) is 33.5 Å². The van der Waals surface area contributed by atoms with Crippen LogP contribution in [0.1, 0.15) is 38.8 Å². The zero-order chi connectivity index (χ0) is 16.0. The topological polar surface area (TPSA) is 104 Å². The van der Waals surface area contributed by atoms with Crippen LogP contribution in [0.5, 0.6) is 23.0 Å². The highest BCUT2D eigenvalue weighted by atomic mass is 16.5. The quantitative estimate of drug-likeness (QED) is 0.625. The Balaban J connectivity index is 2.38. The Hall–Kier alpha value is -3.02. The van der Waals surface area contributed by atoms with Gasteiger partial charge < -0.3 is 20.1 Å². The summed E-state index contributed by atoms with van der Waals surface area (Å²) in [5.74, 6) is -2.51. The van der Waals surface area contributed by atoms with Crippen LogP contribution in [0.2, 0.25) is 0 Å². The normalized spacial score (nSPS) is 12.8. The maximum atomic E-state index is 12.7. The SMILES string of the molecule is CCOc1ccc(O)c2c1C(=O)c1c(O)ccc(O)c1C2=O. The number of aromatic hydroxyl groups is 3. The first-order chi connectivity index (χ1) is 10.5. The van der Waals surface area contributed by atoms with E-state index in [0.29, 0.717) is 0 Å². The maximum Gasteiger partial charge on any atom is 0.202 e. The summed E-state index contributed by atoms with van der Waals surface area (Å²) in [6.45, 7) is 1.98. The van der Waals surface area contributed by atoms with E-state index in [1.807, 2.05) is 0 Å². The molecule has 2 aromatic rings. The van der Waals surface area contributed by atoms with Gasteiger partial charge in [-0.3, -0.25) is 9.59 Å². The van der Waals surface area contributed by atoms with E-state index in [-0.39, 0.29) is 40.4 Å². The molecule has 1 aliphatic carbocycles. The second kappa shape index (κ2) is 4.77. The second-order valence-corrected chi connectivity index (χ2v) is 4.78. The first-order valence-electron chi connectivity index (χ1n) is 6.60. The standard InChI is InChI=1S/C16H12O6/c1-2-22-10-6-5-9(19)13-14(10)16(21)12-8(18)4-3-7(17)11(12)15(13)20/h3-6,17-19H,2H2,1H3. The fourth-order valence-corrected chi connectivity index (χ4v) is 2.59. The number of benzene rings is 2. The highest BCUT2D eigenvalue weighted by Crippen LogP contribution is 2.43. The van der Waals surface area contributed by atoms with Crippen LogP contribution in [0.15, 0.2) is 24.3 Å². The van der Waals surface area contributed by atoms with E-state index in [9.17, 15) is 24.9 Å². The summed E-state index contributed by atoms with van der Waals surface area (Å²) in [4.78, 5) is 25.2. The number of rotatable bonds is 2. The highest BCUT2D eigenvalue weighted by Gasteiger charge is 2.38. The number of carbonyl (C=O) groups is 2. The average molecular weight is 300 g/mol. The number of ketones is 2. The highest BCUT2D eigenvalue weighted by molar-refractivity contribution is 6.31. The molecule has 0 saturated heterocycles. The van der Waals surface area contributed by atoms with Crippen molar-refractivity contribution >= 4 is 11.6 Å². The van der Waals surface area contributed by atoms with E-state index in [4.69, 9.17) is 4.74 Å². The molecule has 0 saturated carbocycles.